The normalized spacial score (nSPS) is 13.0. The predicted molar refractivity (Wildman–Crippen MR) is 133 cm³/mol. The average Bonchev–Trinajstić information content (AvgIpc) is 2.75. The topological polar surface area (TPSA) is 108 Å². The van der Waals surface area contributed by atoms with E-state index in [2.05, 4.69) is 17.6 Å². The van der Waals surface area contributed by atoms with Crippen molar-refractivity contribution in [2.75, 3.05) is 19.7 Å². The number of rotatable bonds is 13. The average molecular weight is 478 g/mol. The van der Waals surface area contributed by atoms with E-state index in [0.717, 1.165) is 31.2 Å². The molecule has 2 atom stereocenters. The lowest BCUT2D eigenvalue weighted by molar-refractivity contribution is -0.143. The molecular weight excluding hydrogens is 434 g/mol. The van der Waals surface area contributed by atoms with Crippen molar-refractivity contribution in [1.29, 1.82) is 0 Å². The number of hydrogen-bond acceptors (Lipinski definition) is 5. The molecule has 0 heterocycles. The van der Waals surface area contributed by atoms with Gasteiger partial charge in [0.15, 0.2) is 0 Å². The molecule has 8 nitrogen and oxygen atoms in total. The number of alkyl carbamates (subject to hydrolysis) is 1. The summed E-state index contributed by atoms with van der Waals surface area (Å²) < 4.78 is 5.26. The van der Waals surface area contributed by atoms with E-state index in [9.17, 15) is 19.5 Å². The zero-order valence-electron chi connectivity index (χ0n) is 21.6. The van der Waals surface area contributed by atoms with Crippen LogP contribution in [0, 0.1) is 6.92 Å². The van der Waals surface area contributed by atoms with E-state index in [0.29, 0.717) is 25.1 Å². The predicted octanol–water partition coefficient (Wildman–Crippen LogP) is 3.86. The number of benzene rings is 1. The molecule has 0 spiro atoms. The van der Waals surface area contributed by atoms with Crippen LogP contribution in [0.3, 0.4) is 0 Å². The second kappa shape index (κ2) is 14.6. The molecule has 2 unspecified atom stereocenters. The van der Waals surface area contributed by atoms with Crippen molar-refractivity contribution in [3.63, 3.8) is 0 Å². The van der Waals surface area contributed by atoms with E-state index >= 15 is 0 Å². The van der Waals surface area contributed by atoms with E-state index in [1.54, 1.807) is 20.8 Å². The maximum Gasteiger partial charge on any atom is 0.408 e. The zero-order valence-corrected chi connectivity index (χ0v) is 21.6. The lowest BCUT2D eigenvalue weighted by Gasteiger charge is -2.34. The van der Waals surface area contributed by atoms with E-state index in [4.69, 9.17) is 4.74 Å². The van der Waals surface area contributed by atoms with Crippen LogP contribution >= 0.6 is 0 Å². The first-order valence-electron chi connectivity index (χ1n) is 12.3. The van der Waals surface area contributed by atoms with Crippen LogP contribution in [0.5, 0.6) is 0 Å². The molecule has 34 heavy (non-hydrogen) atoms. The van der Waals surface area contributed by atoms with Gasteiger partial charge >= 0.3 is 6.09 Å². The number of nitrogens with zero attached hydrogens (tertiary/aromatic N) is 1. The standard InChI is InChI=1S/C26H43N3O5/c1-7-9-11-16-29(24(32)21(18-30)28-25(33)34-26(4,5)6)22(23(31)27-15-10-8-2)20-14-12-13-19(3)17-20/h12-14,17,21-22,30H,7-11,15-16,18H2,1-6H3,(H,27,31)(H,28,33). The third kappa shape index (κ3) is 10.1. The van der Waals surface area contributed by atoms with Crippen molar-refractivity contribution >= 4 is 17.9 Å². The molecule has 0 aromatic heterocycles. The summed E-state index contributed by atoms with van der Waals surface area (Å²) in [7, 11) is 0. The maximum absolute atomic E-state index is 13.6. The molecule has 192 valence electrons. The number of ether oxygens (including phenoxy) is 1. The van der Waals surface area contributed by atoms with Gasteiger partial charge in [0.25, 0.3) is 0 Å². The molecule has 1 aromatic carbocycles. The summed E-state index contributed by atoms with van der Waals surface area (Å²) >= 11 is 0. The van der Waals surface area contributed by atoms with Crippen LogP contribution in [0.1, 0.15) is 83.9 Å². The number of carbonyl (C=O) groups is 3. The van der Waals surface area contributed by atoms with Gasteiger partial charge in [-0.3, -0.25) is 9.59 Å². The number of nitrogens with one attached hydrogen (secondary N) is 2. The van der Waals surface area contributed by atoms with E-state index in [-0.39, 0.29) is 5.91 Å². The van der Waals surface area contributed by atoms with Gasteiger partial charge in [0.05, 0.1) is 6.61 Å². The largest absolute Gasteiger partial charge is 0.444 e. The fourth-order valence-electron chi connectivity index (χ4n) is 3.53. The third-order valence-electron chi connectivity index (χ3n) is 5.20. The van der Waals surface area contributed by atoms with Gasteiger partial charge < -0.3 is 25.4 Å². The first kappa shape index (κ1) is 29.4. The summed E-state index contributed by atoms with van der Waals surface area (Å²) in [6, 6.07) is 5.39. The smallest absolute Gasteiger partial charge is 0.408 e. The summed E-state index contributed by atoms with van der Waals surface area (Å²) in [5.41, 5.74) is 0.903. The Hall–Kier alpha value is -2.61. The Morgan fingerprint density at radius 3 is 2.32 bits per heavy atom. The minimum absolute atomic E-state index is 0.280. The minimum atomic E-state index is -1.23. The number of aliphatic hydroxyl groups excluding tert-OH is 1. The molecule has 8 heteroatoms. The lowest BCUT2D eigenvalue weighted by atomic mass is 10.00. The van der Waals surface area contributed by atoms with Crippen molar-refractivity contribution in [2.24, 2.45) is 0 Å². The first-order valence-corrected chi connectivity index (χ1v) is 12.3. The number of amides is 3. The Balaban J connectivity index is 3.32. The van der Waals surface area contributed by atoms with Crippen LogP contribution in [0.4, 0.5) is 4.79 Å². The third-order valence-corrected chi connectivity index (χ3v) is 5.20. The Morgan fingerprint density at radius 2 is 1.76 bits per heavy atom. The zero-order chi connectivity index (χ0) is 25.7. The van der Waals surface area contributed by atoms with E-state index < -0.39 is 36.3 Å². The molecule has 0 saturated heterocycles. The molecule has 0 saturated carbocycles. The quantitative estimate of drug-likeness (QED) is 0.374. The van der Waals surface area contributed by atoms with Gasteiger partial charge in [0.2, 0.25) is 11.8 Å². The molecule has 0 fully saturated rings. The van der Waals surface area contributed by atoms with Crippen molar-refractivity contribution in [3.8, 4) is 0 Å². The molecule has 0 aliphatic carbocycles. The van der Waals surface area contributed by atoms with Crippen LogP contribution < -0.4 is 10.6 Å². The molecule has 3 N–H and O–H groups in total. The van der Waals surface area contributed by atoms with Gasteiger partial charge in [-0.25, -0.2) is 4.79 Å². The molecule has 3 amide bonds. The number of hydrogen-bond donors (Lipinski definition) is 3. The molecular formula is C26H43N3O5. The van der Waals surface area contributed by atoms with Gasteiger partial charge in [-0.15, -0.1) is 0 Å². The van der Waals surface area contributed by atoms with Gasteiger partial charge in [0, 0.05) is 13.1 Å². The van der Waals surface area contributed by atoms with Gasteiger partial charge in [-0.2, -0.15) is 0 Å². The lowest BCUT2D eigenvalue weighted by Crippen LogP contribution is -2.54. The van der Waals surface area contributed by atoms with Crippen LogP contribution in [0.25, 0.3) is 0 Å². The summed E-state index contributed by atoms with van der Waals surface area (Å²) in [6.45, 7) is 11.4. The number of carbonyl (C=O) groups excluding carboxylic acids is 3. The number of aryl methyl sites for hydroxylation is 1. The summed E-state index contributed by atoms with van der Waals surface area (Å²) in [5, 5.41) is 15.4. The maximum atomic E-state index is 13.6. The van der Waals surface area contributed by atoms with Gasteiger partial charge in [-0.05, 0) is 46.1 Å². The minimum Gasteiger partial charge on any atom is -0.444 e. The Morgan fingerprint density at radius 1 is 1.09 bits per heavy atom. The van der Waals surface area contributed by atoms with E-state index in [1.165, 1.54) is 4.90 Å². The Labute approximate surface area is 204 Å². The van der Waals surface area contributed by atoms with Gasteiger partial charge in [0.1, 0.15) is 17.7 Å². The SMILES string of the molecule is CCCCCN(C(=O)C(CO)NC(=O)OC(C)(C)C)C(C(=O)NCCCC)c1cccc(C)c1. The van der Waals surface area contributed by atoms with Crippen molar-refractivity contribution in [3.05, 3.63) is 35.4 Å². The Kier molecular flexibility index (Phi) is 12.6. The monoisotopic (exact) mass is 477 g/mol. The molecule has 0 aliphatic heterocycles. The second-order valence-electron chi connectivity index (χ2n) is 9.58. The highest BCUT2D eigenvalue weighted by atomic mass is 16.6. The van der Waals surface area contributed by atoms with Crippen LogP contribution in [0.15, 0.2) is 24.3 Å². The summed E-state index contributed by atoms with van der Waals surface area (Å²) in [5.74, 6) is -0.806. The molecule has 1 rings (SSSR count). The van der Waals surface area contributed by atoms with Crippen LogP contribution in [-0.2, 0) is 14.3 Å². The first-order chi connectivity index (χ1) is 16.0. The highest BCUT2D eigenvalue weighted by molar-refractivity contribution is 5.92. The summed E-state index contributed by atoms with van der Waals surface area (Å²) in [6.07, 6.45) is 3.48. The van der Waals surface area contributed by atoms with Crippen LogP contribution in [0.2, 0.25) is 0 Å². The fraction of sp³-hybridized carbons (Fsp3) is 0.654. The van der Waals surface area contributed by atoms with Crippen molar-refractivity contribution < 1.29 is 24.2 Å². The highest BCUT2D eigenvalue weighted by Gasteiger charge is 2.35. The van der Waals surface area contributed by atoms with E-state index in [1.807, 2.05) is 38.1 Å². The molecule has 0 aliphatic rings. The fourth-order valence-corrected chi connectivity index (χ4v) is 3.53. The summed E-state index contributed by atoms with van der Waals surface area (Å²) in [4.78, 5) is 40.8. The van der Waals surface area contributed by atoms with Gasteiger partial charge in [-0.1, -0.05) is 62.9 Å². The van der Waals surface area contributed by atoms with Crippen LogP contribution in [-0.4, -0.2) is 59.3 Å². The number of unbranched alkanes of at least 4 members (excludes halogenated alkanes) is 3. The molecule has 0 bridgehead atoms. The second-order valence-corrected chi connectivity index (χ2v) is 9.58. The molecule has 0 radical (unpaired) electrons. The number of aliphatic hydroxyl groups is 1. The Bertz CT molecular complexity index is 791. The van der Waals surface area contributed by atoms with Crippen molar-refractivity contribution in [1.82, 2.24) is 15.5 Å². The highest BCUT2D eigenvalue weighted by Crippen LogP contribution is 2.24. The van der Waals surface area contributed by atoms with Crippen molar-refractivity contribution in [2.45, 2.75) is 91.3 Å². The molecule has 1 aromatic rings.